The summed E-state index contributed by atoms with van der Waals surface area (Å²) in [5.74, 6) is -0.818. The maximum absolute atomic E-state index is 14.3. The van der Waals surface area contributed by atoms with Crippen LogP contribution in [0.1, 0.15) is 98.0 Å². The number of piperidine rings is 1. The second-order valence-corrected chi connectivity index (χ2v) is 18.2. The number of fused-ring (bicyclic) bond motifs is 2. The molecule has 1 aromatic rings. The third-order valence-corrected chi connectivity index (χ3v) is 14.2. The number of methoxy groups -OCH3 is 2. The molecule has 11 nitrogen and oxygen atoms in total. The normalized spacial score (nSPS) is 25.1. The van der Waals surface area contributed by atoms with Crippen LogP contribution in [-0.4, -0.2) is 110 Å². The number of ether oxygens (including phenoxy) is 2. The molecule has 1 aromatic carbocycles. The van der Waals surface area contributed by atoms with Crippen molar-refractivity contribution in [3.8, 4) is 0 Å². The minimum Gasteiger partial charge on any atom is -0.379 e. The van der Waals surface area contributed by atoms with Crippen molar-refractivity contribution in [2.24, 2.45) is 29.6 Å². The first-order chi connectivity index (χ1) is 25.8. The summed E-state index contributed by atoms with van der Waals surface area (Å²) in [5, 5.41) is 3.50. The van der Waals surface area contributed by atoms with Crippen molar-refractivity contribution >= 4 is 31.4 Å². The van der Waals surface area contributed by atoms with Crippen LogP contribution in [0.15, 0.2) is 30.3 Å². The number of likely N-dealkylation sites (N-methyl/N-ethyl adjacent to an activating group) is 1. The molecule has 3 aliphatic rings. The summed E-state index contributed by atoms with van der Waals surface area (Å²) in [5.41, 5.74) is 0.500. The summed E-state index contributed by atoms with van der Waals surface area (Å²) in [6.45, 7) is 10.5. The third-order valence-electron chi connectivity index (χ3n) is 12.8. The van der Waals surface area contributed by atoms with Gasteiger partial charge in [-0.05, 0) is 60.0 Å². The Morgan fingerprint density at radius 2 is 1.67 bits per heavy atom. The topological polar surface area (TPSA) is 132 Å². The van der Waals surface area contributed by atoms with E-state index >= 15 is 0 Å². The highest BCUT2D eigenvalue weighted by Gasteiger charge is 2.46. The van der Waals surface area contributed by atoms with Gasteiger partial charge in [0.05, 0.1) is 50.3 Å². The van der Waals surface area contributed by atoms with Gasteiger partial charge in [-0.1, -0.05) is 71.4 Å². The fourth-order valence-corrected chi connectivity index (χ4v) is 10.4. The predicted molar refractivity (Wildman–Crippen MR) is 210 cm³/mol. The van der Waals surface area contributed by atoms with E-state index in [1.165, 1.54) is 7.11 Å². The zero-order valence-corrected chi connectivity index (χ0v) is 35.1. The van der Waals surface area contributed by atoms with Crippen LogP contribution in [0.5, 0.6) is 0 Å². The molecule has 2 aliphatic heterocycles. The highest BCUT2D eigenvalue weighted by molar-refractivity contribution is 7.40. The molecule has 1 unspecified atom stereocenters. The number of rotatable bonds is 22. The van der Waals surface area contributed by atoms with E-state index in [1.807, 2.05) is 56.0 Å². The van der Waals surface area contributed by atoms with Crippen LogP contribution in [0.2, 0.25) is 0 Å². The van der Waals surface area contributed by atoms with Crippen molar-refractivity contribution in [2.45, 2.75) is 141 Å². The van der Waals surface area contributed by atoms with E-state index in [9.17, 15) is 23.7 Å². The quantitative estimate of drug-likeness (QED) is 0.136. The highest BCUT2D eigenvalue weighted by Crippen LogP contribution is 2.38. The van der Waals surface area contributed by atoms with Gasteiger partial charge in [-0.15, -0.1) is 4.52 Å². The Morgan fingerprint density at radius 1 is 0.963 bits per heavy atom. The summed E-state index contributed by atoms with van der Waals surface area (Å²) < 4.78 is 30.2. The summed E-state index contributed by atoms with van der Waals surface area (Å²) in [6, 6.07) is 9.20. The van der Waals surface area contributed by atoms with Crippen molar-refractivity contribution in [3.05, 3.63) is 35.9 Å². The third kappa shape index (κ3) is 10.6. The molecule has 2 saturated heterocycles. The molecule has 1 aliphatic carbocycles. The van der Waals surface area contributed by atoms with Crippen LogP contribution in [-0.2, 0) is 44.2 Å². The lowest BCUT2D eigenvalue weighted by Crippen LogP contribution is -2.54. The lowest BCUT2D eigenvalue weighted by Gasteiger charge is -2.41. The number of carbonyl (C=O) groups excluding carboxylic acids is 4. The van der Waals surface area contributed by atoms with Crippen LogP contribution in [0.4, 0.5) is 0 Å². The smallest absolute Gasteiger partial charge is 0.379 e. The molecule has 3 fully saturated rings. The van der Waals surface area contributed by atoms with E-state index in [2.05, 4.69) is 19.2 Å². The highest BCUT2D eigenvalue weighted by atomic mass is 31.1. The minimum absolute atomic E-state index is 0.0219. The lowest BCUT2D eigenvalue weighted by molar-refractivity contribution is -0.149. The van der Waals surface area contributed by atoms with E-state index < -0.39 is 43.8 Å². The molecule has 302 valence electrons. The molecule has 2 bridgehead atoms. The Labute approximate surface area is 324 Å². The standard InChI is InChI=1S/C42H67N3O8P/c1-10-27(4)40(44(6)42(49)33(26(2)3)24-36(47)39-30-18-19-31(22-30)43-39)37(51-7)25-38(48)45-20-14-17-34(45)41(52-8)28(5)35(46)23-32(54(50)53-9)21-29-15-12-11-13-16-29/h11-13,15-16,26-28,30-34,37,39-41,43H,10,14,17-25H2,1-9H3/q+1/t27-,28-,30-,31+,32+,33-,34-,37+,39-,40-,41+/m0/s1. The largest absolute Gasteiger partial charge is 0.511 e. The average molecular weight is 773 g/mol. The van der Waals surface area contributed by atoms with Gasteiger partial charge < -0.3 is 24.6 Å². The first-order valence-corrected chi connectivity index (χ1v) is 21.5. The number of nitrogens with one attached hydrogen (secondary N) is 1. The number of hydrogen-bond donors (Lipinski definition) is 1. The molecule has 1 saturated carbocycles. The van der Waals surface area contributed by atoms with Crippen LogP contribution in [0.3, 0.4) is 0 Å². The summed E-state index contributed by atoms with van der Waals surface area (Å²) >= 11 is 0. The van der Waals surface area contributed by atoms with Crippen molar-refractivity contribution in [3.63, 3.8) is 0 Å². The van der Waals surface area contributed by atoms with Gasteiger partial charge in [0.1, 0.15) is 5.78 Å². The SMILES string of the molecule is CC[C@H](C)[C@@H]([C@@H](CC(=O)N1CCC[C@H]1[C@H](OC)[C@@H](C)C(=O)C[C@@H](Cc1ccccc1)[P+](=O)OC)OC)N(C)C(=O)[C@@H](CC(=O)[C@H]1N[C@@H]2CC[C@H]1C2)C(C)C. The van der Waals surface area contributed by atoms with E-state index in [1.54, 1.807) is 26.2 Å². The maximum Gasteiger partial charge on any atom is 0.511 e. The molecule has 0 spiro atoms. The van der Waals surface area contributed by atoms with E-state index in [-0.39, 0.29) is 66.6 Å². The Balaban J connectivity index is 1.45. The van der Waals surface area contributed by atoms with Crippen LogP contribution < -0.4 is 5.32 Å². The number of amides is 2. The molecule has 4 rings (SSSR count). The molecule has 0 radical (unpaired) electrons. The first-order valence-electron chi connectivity index (χ1n) is 20.2. The fourth-order valence-electron chi connectivity index (χ4n) is 9.44. The number of ketones is 2. The molecule has 12 atom stereocenters. The van der Waals surface area contributed by atoms with E-state index in [0.29, 0.717) is 31.3 Å². The molecule has 2 heterocycles. The Morgan fingerprint density at radius 3 is 2.22 bits per heavy atom. The zero-order chi connectivity index (χ0) is 39.7. The van der Waals surface area contributed by atoms with Gasteiger partial charge in [-0.3, -0.25) is 19.2 Å². The number of Topliss-reactive ketones (excluding diaryl/α,β-unsaturated/α-hetero) is 2. The molecule has 0 aromatic heterocycles. The Bertz CT molecular complexity index is 1430. The number of likely N-dealkylation sites (tertiary alicyclic amines) is 1. The number of hydrogen-bond acceptors (Lipinski definition) is 9. The van der Waals surface area contributed by atoms with Gasteiger partial charge in [0.15, 0.2) is 11.4 Å². The second kappa shape index (κ2) is 20.6. The van der Waals surface area contributed by atoms with Gasteiger partial charge in [0.25, 0.3) is 0 Å². The van der Waals surface area contributed by atoms with Crippen molar-refractivity contribution < 1.29 is 37.7 Å². The fraction of sp³-hybridized carbons (Fsp3) is 0.762. The molecule has 1 N–H and O–H groups in total. The Kier molecular flexibility index (Phi) is 16.8. The summed E-state index contributed by atoms with van der Waals surface area (Å²) in [7, 11) is 4.30. The zero-order valence-electron chi connectivity index (χ0n) is 34.2. The van der Waals surface area contributed by atoms with Crippen LogP contribution in [0, 0.1) is 29.6 Å². The summed E-state index contributed by atoms with van der Waals surface area (Å²) in [4.78, 5) is 59.4. The van der Waals surface area contributed by atoms with Gasteiger partial charge >= 0.3 is 8.03 Å². The van der Waals surface area contributed by atoms with E-state index in [4.69, 9.17) is 14.0 Å². The number of nitrogens with zero attached hydrogens (tertiary/aromatic N) is 2. The van der Waals surface area contributed by atoms with Crippen molar-refractivity contribution in [1.29, 1.82) is 0 Å². The monoisotopic (exact) mass is 772 g/mol. The summed E-state index contributed by atoms with van der Waals surface area (Å²) in [6.07, 6.45) is 5.12. The minimum atomic E-state index is -2.06. The van der Waals surface area contributed by atoms with Crippen LogP contribution in [0.25, 0.3) is 0 Å². The van der Waals surface area contributed by atoms with Crippen LogP contribution >= 0.6 is 8.03 Å². The van der Waals surface area contributed by atoms with Gasteiger partial charge in [0.2, 0.25) is 11.8 Å². The second-order valence-electron chi connectivity index (χ2n) is 16.5. The first kappa shape index (κ1) is 44.2. The maximum atomic E-state index is 14.3. The Hall–Kier alpha value is -2.56. The van der Waals surface area contributed by atoms with Gasteiger partial charge in [-0.25, -0.2) is 0 Å². The van der Waals surface area contributed by atoms with Gasteiger partial charge in [-0.2, -0.15) is 0 Å². The van der Waals surface area contributed by atoms with Crippen molar-refractivity contribution in [2.75, 3.05) is 34.9 Å². The van der Waals surface area contributed by atoms with Crippen molar-refractivity contribution in [1.82, 2.24) is 15.1 Å². The molecule has 12 heteroatoms. The molecular weight excluding hydrogens is 705 g/mol. The molecular formula is C42H67N3O8P+. The predicted octanol–water partition coefficient (Wildman–Crippen LogP) is 6.24. The number of carbonyl (C=O) groups is 4. The van der Waals surface area contributed by atoms with E-state index in [0.717, 1.165) is 37.7 Å². The molecule has 2 amide bonds. The number of benzene rings is 1. The lowest BCUT2D eigenvalue weighted by atomic mass is 9.83. The average Bonchev–Trinajstić information content (AvgIpc) is 3.95. The molecule has 54 heavy (non-hydrogen) atoms. The van der Waals surface area contributed by atoms with Gasteiger partial charge in [0, 0.05) is 58.5 Å².